The van der Waals surface area contributed by atoms with E-state index < -0.39 is 0 Å². The molecular formula is C15H23NO3. The Hall–Kier alpha value is -1.29. The van der Waals surface area contributed by atoms with E-state index in [1.807, 2.05) is 24.8 Å². The fourth-order valence-electron chi connectivity index (χ4n) is 2.80. The summed E-state index contributed by atoms with van der Waals surface area (Å²) in [5.41, 5.74) is 0.905. The number of aliphatic hydroxyl groups excluding tert-OH is 1. The highest BCUT2D eigenvalue weighted by molar-refractivity contribution is 5.93. The van der Waals surface area contributed by atoms with Crippen LogP contribution in [-0.2, 0) is 0 Å². The zero-order valence-electron chi connectivity index (χ0n) is 12.0. The lowest BCUT2D eigenvalue weighted by molar-refractivity contribution is 0.0319. The number of rotatable bonds is 3. The number of amides is 1. The van der Waals surface area contributed by atoms with Gasteiger partial charge in [0.05, 0.1) is 0 Å². The van der Waals surface area contributed by atoms with Gasteiger partial charge in [-0.05, 0) is 44.6 Å². The van der Waals surface area contributed by atoms with E-state index in [1.54, 1.807) is 0 Å². The number of likely N-dealkylation sites (tertiary alicyclic amines) is 1. The molecule has 4 nitrogen and oxygen atoms in total. The van der Waals surface area contributed by atoms with E-state index in [0.29, 0.717) is 18.8 Å². The summed E-state index contributed by atoms with van der Waals surface area (Å²) in [7, 11) is 0. The minimum atomic E-state index is -0.0201. The Morgan fingerprint density at radius 3 is 2.47 bits per heavy atom. The third-order valence-corrected chi connectivity index (χ3v) is 4.43. The normalized spacial score (nSPS) is 18.6. The molecule has 1 amide bonds. The fraction of sp³-hybridized carbons (Fsp3) is 0.667. The number of hydrogen-bond acceptors (Lipinski definition) is 3. The topological polar surface area (TPSA) is 53.7 Å². The molecule has 1 aliphatic rings. The van der Waals surface area contributed by atoms with Crippen LogP contribution in [0.3, 0.4) is 0 Å². The predicted octanol–water partition coefficient (Wildman–Crippen LogP) is 2.52. The molecule has 1 aliphatic heterocycles. The SMILES string of the molecule is CCC1(CO)CCN(C(=O)c2oc(C)cc2C)CC1. The minimum absolute atomic E-state index is 0.00487. The van der Waals surface area contributed by atoms with E-state index in [-0.39, 0.29) is 17.9 Å². The zero-order valence-corrected chi connectivity index (χ0v) is 12.0. The van der Waals surface area contributed by atoms with Crippen molar-refractivity contribution in [3.8, 4) is 0 Å². The molecule has 4 heteroatoms. The van der Waals surface area contributed by atoms with Crippen molar-refractivity contribution in [3.63, 3.8) is 0 Å². The fourth-order valence-corrected chi connectivity index (χ4v) is 2.80. The third kappa shape index (κ3) is 2.68. The molecule has 0 aromatic carbocycles. The summed E-state index contributed by atoms with van der Waals surface area (Å²) in [6.45, 7) is 7.47. The van der Waals surface area contributed by atoms with Gasteiger partial charge in [0, 0.05) is 25.3 Å². The molecular weight excluding hydrogens is 242 g/mol. The van der Waals surface area contributed by atoms with Crippen LogP contribution in [0.2, 0.25) is 0 Å². The molecule has 19 heavy (non-hydrogen) atoms. The van der Waals surface area contributed by atoms with Gasteiger partial charge in [0.1, 0.15) is 5.76 Å². The Morgan fingerprint density at radius 2 is 2.05 bits per heavy atom. The van der Waals surface area contributed by atoms with Crippen LogP contribution in [0.5, 0.6) is 0 Å². The second-order valence-corrected chi connectivity index (χ2v) is 5.67. The average Bonchev–Trinajstić information content (AvgIpc) is 2.77. The molecule has 2 heterocycles. The molecule has 0 aliphatic carbocycles. The van der Waals surface area contributed by atoms with Crippen molar-refractivity contribution in [2.45, 2.75) is 40.0 Å². The van der Waals surface area contributed by atoms with Crippen LogP contribution in [0.15, 0.2) is 10.5 Å². The van der Waals surface area contributed by atoms with Gasteiger partial charge in [-0.25, -0.2) is 0 Å². The molecule has 0 bridgehead atoms. The van der Waals surface area contributed by atoms with Crippen LogP contribution in [0, 0.1) is 19.3 Å². The summed E-state index contributed by atoms with van der Waals surface area (Å²) in [6, 6.07) is 1.89. The van der Waals surface area contributed by atoms with Crippen molar-refractivity contribution < 1.29 is 14.3 Å². The molecule has 2 rings (SSSR count). The molecule has 1 aromatic heterocycles. The highest BCUT2D eigenvalue weighted by atomic mass is 16.4. The summed E-state index contributed by atoms with van der Waals surface area (Å²) in [4.78, 5) is 14.2. The first-order valence-corrected chi connectivity index (χ1v) is 6.98. The number of piperidine rings is 1. The Labute approximate surface area is 114 Å². The van der Waals surface area contributed by atoms with Crippen LogP contribution in [0.25, 0.3) is 0 Å². The van der Waals surface area contributed by atoms with Gasteiger partial charge < -0.3 is 14.4 Å². The van der Waals surface area contributed by atoms with E-state index in [2.05, 4.69) is 6.92 Å². The average molecular weight is 265 g/mol. The van der Waals surface area contributed by atoms with Crippen LogP contribution in [0.1, 0.15) is 48.1 Å². The van der Waals surface area contributed by atoms with E-state index in [9.17, 15) is 9.90 Å². The molecule has 0 unspecified atom stereocenters. The van der Waals surface area contributed by atoms with Crippen molar-refractivity contribution >= 4 is 5.91 Å². The van der Waals surface area contributed by atoms with Gasteiger partial charge in [0.15, 0.2) is 5.76 Å². The Bertz CT molecular complexity index is 450. The van der Waals surface area contributed by atoms with Crippen molar-refractivity contribution in [1.29, 1.82) is 0 Å². The van der Waals surface area contributed by atoms with Gasteiger partial charge in [-0.15, -0.1) is 0 Å². The van der Waals surface area contributed by atoms with Crippen molar-refractivity contribution in [2.24, 2.45) is 5.41 Å². The van der Waals surface area contributed by atoms with Gasteiger partial charge in [0.25, 0.3) is 5.91 Å². The second kappa shape index (κ2) is 5.37. The number of aryl methyl sites for hydroxylation is 2. The van der Waals surface area contributed by atoms with E-state index >= 15 is 0 Å². The predicted molar refractivity (Wildman–Crippen MR) is 73.1 cm³/mol. The maximum Gasteiger partial charge on any atom is 0.289 e. The number of nitrogens with zero attached hydrogens (tertiary/aromatic N) is 1. The molecule has 1 N–H and O–H groups in total. The third-order valence-electron chi connectivity index (χ3n) is 4.43. The molecule has 106 valence electrons. The van der Waals surface area contributed by atoms with E-state index in [0.717, 1.165) is 30.6 Å². The van der Waals surface area contributed by atoms with Gasteiger partial charge in [0.2, 0.25) is 0 Å². The Morgan fingerprint density at radius 1 is 1.42 bits per heavy atom. The number of carbonyl (C=O) groups excluding carboxylic acids is 1. The number of hydrogen-bond donors (Lipinski definition) is 1. The van der Waals surface area contributed by atoms with E-state index in [4.69, 9.17) is 4.42 Å². The molecule has 1 fully saturated rings. The van der Waals surface area contributed by atoms with Crippen LogP contribution >= 0.6 is 0 Å². The van der Waals surface area contributed by atoms with Crippen molar-refractivity contribution in [3.05, 3.63) is 23.2 Å². The largest absolute Gasteiger partial charge is 0.456 e. The maximum atomic E-state index is 12.4. The molecule has 1 aromatic rings. The monoisotopic (exact) mass is 265 g/mol. The smallest absolute Gasteiger partial charge is 0.289 e. The lowest BCUT2D eigenvalue weighted by atomic mass is 9.77. The van der Waals surface area contributed by atoms with Crippen molar-refractivity contribution in [1.82, 2.24) is 4.90 Å². The highest BCUT2D eigenvalue weighted by Gasteiger charge is 2.35. The number of carbonyl (C=O) groups is 1. The first kappa shape index (κ1) is 14.1. The number of furan rings is 1. The Balaban J connectivity index is 2.06. The standard InChI is InChI=1S/C15H23NO3/c1-4-15(10-17)5-7-16(8-6-15)14(18)13-11(2)9-12(3)19-13/h9,17H,4-8,10H2,1-3H3. The van der Waals surface area contributed by atoms with Crippen LogP contribution < -0.4 is 0 Å². The first-order valence-electron chi connectivity index (χ1n) is 6.98. The highest BCUT2D eigenvalue weighted by Crippen LogP contribution is 2.34. The summed E-state index contributed by atoms with van der Waals surface area (Å²) in [5.74, 6) is 1.22. The summed E-state index contributed by atoms with van der Waals surface area (Å²) in [6.07, 6.45) is 2.69. The summed E-state index contributed by atoms with van der Waals surface area (Å²) < 4.78 is 5.49. The van der Waals surface area contributed by atoms with Gasteiger partial charge >= 0.3 is 0 Å². The maximum absolute atomic E-state index is 12.4. The summed E-state index contributed by atoms with van der Waals surface area (Å²) in [5, 5.41) is 9.51. The lowest BCUT2D eigenvalue weighted by Gasteiger charge is -2.40. The molecule has 0 radical (unpaired) electrons. The van der Waals surface area contributed by atoms with Crippen molar-refractivity contribution in [2.75, 3.05) is 19.7 Å². The van der Waals surface area contributed by atoms with Gasteiger partial charge in [-0.2, -0.15) is 0 Å². The summed E-state index contributed by atoms with van der Waals surface area (Å²) >= 11 is 0. The van der Waals surface area contributed by atoms with Crippen LogP contribution in [0.4, 0.5) is 0 Å². The molecule has 0 atom stereocenters. The number of aliphatic hydroxyl groups is 1. The quantitative estimate of drug-likeness (QED) is 0.913. The second-order valence-electron chi connectivity index (χ2n) is 5.67. The Kier molecular flexibility index (Phi) is 3.99. The lowest BCUT2D eigenvalue weighted by Crippen LogP contribution is -2.44. The first-order chi connectivity index (χ1) is 9.01. The molecule has 0 saturated carbocycles. The van der Waals surface area contributed by atoms with E-state index in [1.165, 1.54) is 0 Å². The molecule has 0 spiro atoms. The van der Waals surface area contributed by atoms with Gasteiger partial charge in [-0.3, -0.25) is 4.79 Å². The molecule has 1 saturated heterocycles. The van der Waals surface area contributed by atoms with Gasteiger partial charge in [-0.1, -0.05) is 6.92 Å². The minimum Gasteiger partial charge on any atom is -0.456 e. The zero-order chi connectivity index (χ0) is 14.0. The van der Waals surface area contributed by atoms with Crippen LogP contribution in [-0.4, -0.2) is 35.6 Å².